The van der Waals surface area contributed by atoms with Crippen molar-refractivity contribution in [3.05, 3.63) is 0 Å². The molecule has 0 rings (SSSR count). The molecule has 0 aliphatic heterocycles. The minimum Gasteiger partial charge on any atom is -0.396 e. The fourth-order valence-electron chi connectivity index (χ4n) is 1.69. The molecular weight excluding hydrogens is 218 g/mol. The summed E-state index contributed by atoms with van der Waals surface area (Å²) < 4.78 is 5.29. The average molecular weight is 247 g/mol. The molecule has 4 nitrogen and oxygen atoms in total. The van der Waals surface area contributed by atoms with Crippen LogP contribution in [-0.2, 0) is 4.74 Å². The van der Waals surface area contributed by atoms with E-state index in [0.29, 0.717) is 26.4 Å². The van der Waals surface area contributed by atoms with Crippen LogP contribution < -0.4 is 5.73 Å². The Morgan fingerprint density at radius 3 is 2.24 bits per heavy atom. The lowest BCUT2D eigenvalue weighted by Crippen LogP contribution is -2.16. The highest BCUT2D eigenvalue weighted by molar-refractivity contribution is 4.55. The molecule has 0 aromatic heterocycles. The van der Waals surface area contributed by atoms with E-state index < -0.39 is 0 Å². The van der Waals surface area contributed by atoms with Crippen molar-refractivity contribution in [2.45, 2.75) is 57.5 Å². The highest BCUT2D eigenvalue weighted by Gasteiger charge is 2.03. The first-order chi connectivity index (χ1) is 8.31. The van der Waals surface area contributed by atoms with E-state index >= 15 is 0 Å². The Bertz CT molecular complexity index is 145. The SMILES string of the molecule is NCCCOCC(O)CCCCCCCCO. The van der Waals surface area contributed by atoms with Crippen LogP contribution in [0.3, 0.4) is 0 Å². The second-order valence-corrected chi connectivity index (χ2v) is 4.50. The Labute approximate surface area is 105 Å². The molecule has 0 aliphatic rings. The minimum atomic E-state index is -0.329. The summed E-state index contributed by atoms with van der Waals surface area (Å²) in [6.07, 6.45) is 7.97. The molecular formula is C13H29NO3. The Kier molecular flexibility index (Phi) is 13.8. The fraction of sp³-hybridized carbons (Fsp3) is 1.00. The van der Waals surface area contributed by atoms with Crippen molar-refractivity contribution in [2.24, 2.45) is 5.73 Å². The van der Waals surface area contributed by atoms with Crippen LogP contribution in [-0.4, -0.2) is 42.7 Å². The van der Waals surface area contributed by atoms with Gasteiger partial charge >= 0.3 is 0 Å². The molecule has 1 atom stereocenters. The predicted octanol–water partition coefficient (Wildman–Crippen LogP) is 1.44. The van der Waals surface area contributed by atoms with Gasteiger partial charge in [-0.05, 0) is 25.8 Å². The van der Waals surface area contributed by atoms with E-state index in [1.54, 1.807) is 0 Å². The summed E-state index contributed by atoms with van der Waals surface area (Å²) in [5.74, 6) is 0. The number of aliphatic hydroxyl groups excluding tert-OH is 2. The van der Waals surface area contributed by atoms with Gasteiger partial charge in [-0.3, -0.25) is 0 Å². The van der Waals surface area contributed by atoms with Crippen molar-refractivity contribution >= 4 is 0 Å². The number of unbranched alkanes of at least 4 members (excludes halogenated alkanes) is 5. The van der Waals surface area contributed by atoms with Gasteiger partial charge in [0.25, 0.3) is 0 Å². The molecule has 0 heterocycles. The van der Waals surface area contributed by atoms with Crippen molar-refractivity contribution in [1.29, 1.82) is 0 Å². The number of rotatable bonds is 13. The molecule has 0 aromatic carbocycles. The molecule has 104 valence electrons. The number of ether oxygens (including phenoxy) is 1. The summed E-state index contributed by atoms with van der Waals surface area (Å²) in [5.41, 5.74) is 5.34. The van der Waals surface area contributed by atoms with Gasteiger partial charge in [-0.2, -0.15) is 0 Å². The van der Waals surface area contributed by atoms with E-state index in [1.165, 1.54) is 12.8 Å². The van der Waals surface area contributed by atoms with Gasteiger partial charge in [0, 0.05) is 13.2 Å². The maximum Gasteiger partial charge on any atom is 0.0773 e. The third-order valence-corrected chi connectivity index (χ3v) is 2.75. The maximum absolute atomic E-state index is 9.60. The highest BCUT2D eigenvalue weighted by Crippen LogP contribution is 2.08. The molecule has 0 saturated carbocycles. The molecule has 0 aromatic rings. The van der Waals surface area contributed by atoms with Crippen molar-refractivity contribution < 1.29 is 14.9 Å². The smallest absolute Gasteiger partial charge is 0.0773 e. The monoisotopic (exact) mass is 247 g/mol. The van der Waals surface area contributed by atoms with Crippen LogP contribution in [0.15, 0.2) is 0 Å². The highest BCUT2D eigenvalue weighted by atomic mass is 16.5. The summed E-state index contributed by atoms with van der Waals surface area (Å²) in [6, 6.07) is 0. The maximum atomic E-state index is 9.60. The lowest BCUT2D eigenvalue weighted by atomic mass is 10.1. The summed E-state index contributed by atoms with van der Waals surface area (Å²) in [7, 11) is 0. The van der Waals surface area contributed by atoms with Gasteiger partial charge in [0.2, 0.25) is 0 Å². The molecule has 17 heavy (non-hydrogen) atoms. The quantitative estimate of drug-likeness (QED) is 0.430. The van der Waals surface area contributed by atoms with Gasteiger partial charge in [-0.1, -0.05) is 32.1 Å². The number of nitrogens with two attached hydrogens (primary N) is 1. The summed E-state index contributed by atoms with van der Waals surface area (Å²) >= 11 is 0. The zero-order chi connectivity index (χ0) is 12.8. The largest absolute Gasteiger partial charge is 0.396 e. The average Bonchev–Trinajstić information content (AvgIpc) is 2.33. The lowest BCUT2D eigenvalue weighted by Gasteiger charge is -2.10. The normalized spacial score (nSPS) is 12.9. The predicted molar refractivity (Wildman–Crippen MR) is 69.9 cm³/mol. The van der Waals surface area contributed by atoms with Crippen LogP contribution in [0.4, 0.5) is 0 Å². The van der Waals surface area contributed by atoms with E-state index in [0.717, 1.165) is 38.5 Å². The Morgan fingerprint density at radius 2 is 1.59 bits per heavy atom. The van der Waals surface area contributed by atoms with Crippen LogP contribution in [0.1, 0.15) is 51.4 Å². The standard InChI is InChI=1S/C13H29NO3/c14-9-7-11-17-12-13(16)8-5-3-1-2-4-6-10-15/h13,15-16H,1-12,14H2. The second-order valence-electron chi connectivity index (χ2n) is 4.50. The van der Waals surface area contributed by atoms with E-state index in [4.69, 9.17) is 15.6 Å². The number of hydrogen-bond acceptors (Lipinski definition) is 4. The van der Waals surface area contributed by atoms with Crippen molar-refractivity contribution in [3.63, 3.8) is 0 Å². The third kappa shape index (κ3) is 13.8. The molecule has 1 unspecified atom stereocenters. The van der Waals surface area contributed by atoms with Gasteiger partial charge in [0.15, 0.2) is 0 Å². The van der Waals surface area contributed by atoms with Crippen LogP contribution in [0, 0.1) is 0 Å². The zero-order valence-corrected chi connectivity index (χ0v) is 10.9. The van der Waals surface area contributed by atoms with Crippen molar-refractivity contribution in [2.75, 3.05) is 26.4 Å². The molecule has 0 saturated heterocycles. The first-order valence-corrected chi connectivity index (χ1v) is 6.88. The van der Waals surface area contributed by atoms with E-state index in [9.17, 15) is 5.11 Å². The van der Waals surface area contributed by atoms with Crippen LogP contribution in [0.25, 0.3) is 0 Å². The summed E-state index contributed by atoms with van der Waals surface area (Å²) in [6.45, 7) is 2.03. The van der Waals surface area contributed by atoms with Gasteiger partial charge in [0.1, 0.15) is 0 Å². The van der Waals surface area contributed by atoms with E-state index in [-0.39, 0.29) is 6.10 Å². The summed E-state index contributed by atoms with van der Waals surface area (Å²) in [5, 5.41) is 18.2. The molecule has 0 spiro atoms. The lowest BCUT2D eigenvalue weighted by molar-refractivity contribution is 0.0310. The molecule has 0 radical (unpaired) electrons. The molecule has 0 aliphatic carbocycles. The minimum absolute atomic E-state index is 0.304. The van der Waals surface area contributed by atoms with E-state index in [2.05, 4.69) is 0 Å². The summed E-state index contributed by atoms with van der Waals surface area (Å²) in [4.78, 5) is 0. The zero-order valence-electron chi connectivity index (χ0n) is 10.9. The van der Waals surface area contributed by atoms with Gasteiger partial charge in [-0.15, -0.1) is 0 Å². The van der Waals surface area contributed by atoms with Crippen LogP contribution in [0.2, 0.25) is 0 Å². The Morgan fingerprint density at radius 1 is 0.941 bits per heavy atom. The molecule has 0 bridgehead atoms. The van der Waals surface area contributed by atoms with Gasteiger partial charge < -0.3 is 20.7 Å². The number of aliphatic hydroxyl groups is 2. The van der Waals surface area contributed by atoms with Crippen molar-refractivity contribution in [3.8, 4) is 0 Å². The molecule has 4 heteroatoms. The molecule has 0 fully saturated rings. The van der Waals surface area contributed by atoms with Gasteiger partial charge in [0.05, 0.1) is 12.7 Å². The molecule has 4 N–H and O–H groups in total. The topological polar surface area (TPSA) is 75.7 Å². The Hall–Kier alpha value is -0.160. The van der Waals surface area contributed by atoms with E-state index in [1.807, 2.05) is 0 Å². The first kappa shape index (κ1) is 16.8. The second kappa shape index (κ2) is 13.9. The molecule has 0 amide bonds. The third-order valence-electron chi connectivity index (χ3n) is 2.75. The van der Waals surface area contributed by atoms with Gasteiger partial charge in [-0.25, -0.2) is 0 Å². The van der Waals surface area contributed by atoms with Crippen molar-refractivity contribution in [1.82, 2.24) is 0 Å². The van der Waals surface area contributed by atoms with Crippen LogP contribution in [0.5, 0.6) is 0 Å². The first-order valence-electron chi connectivity index (χ1n) is 6.88. The Balaban J connectivity index is 3.08. The fourth-order valence-corrected chi connectivity index (χ4v) is 1.69. The van der Waals surface area contributed by atoms with Crippen LogP contribution >= 0.6 is 0 Å². The number of hydrogen-bond donors (Lipinski definition) is 3.